The first-order valence-electron chi connectivity index (χ1n) is 4.24. The Labute approximate surface area is 72.5 Å². The van der Waals surface area contributed by atoms with E-state index in [-0.39, 0.29) is 6.67 Å². The quantitative estimate of drug-likeness (QED) is 0.598. The molecular formula is C8H15ClFN. The predicted octanol–water partition coefficient (Wildman–Crippen LogP) is 2.05. The summed E-state index contributed by atoms with van der Waals surface area (Å²) in [6.45, 7) is 1.79. The van der Waals surface area contributed by atoms with Crippen molar-refractivity contribution in [2.24, 2.45) is 0 Å². The first-order chi connectivity index (χ1) is 5.38. The average Bonchev–Trinajstić information content (AvgIpc) is 2.47. The van der Waals surface area contributed by atoms with Crippen LogP contribution in [0, 0.1) is 0 Å². The monoisotopic (exact) mass is 179 g/mol. The van der Waals surface area contributed by atoms with E-state index in [9.17, 15) is 4.39 Å². The van der Waals surface area contributed by atoms with E-state index < -0.39 is 0 Å². The van der Waals surface area contributed by atoms with Crippen molar-refractivity contribution in [3.63, 3.8) is 0 Å². The van der Waals surface area contributed by atoms with Gasteiger partial charge in [-0.1, -0.05) is 0 Å². The lowest BCUT2D eigenvalue weighted by Gasteiger charge is -2.21. The molecule has 1 saturated heterocycles. The summed E-state index contributed by atoms with van der Waals surface area (Å²) in [6, 6.07) is 0.517. The molecule has 1 heterocycles. The second-order valence-corrected chi connectivity index (χ2v) is 3.34. The van der Waals surface area contributed by atoms with Gasteiger partial charge < -0.3 is 0 Å². The minimum atomic E-state index is -0.203. The average molecular weight is 180 g/mol. The molecule has 0 amide bonds. The number of likely N-dealkylation sites (tertiary alicyclic amines) is 1. The normalized spacial score (nSPS) is 26.2. The van der Waals surface area contributed by atoms with Crippen molar-refractivity contribution in [3.05, 3.63) is 0 Å². The smallest absolute Gasteiger partial charge is 0.0906 e. The maximum Gasteiger partial charge on any atom is 0.0906 e. The minimum Gasteiger partial charge on any atom is -0.299 e. The second-order valence-electron chi connectivity index (χ2n) is 3.03. The van der Waals surface area contributed by atoms with Crippen LogP contribution in [0.3, 0.4) is 0 Å². The fourth-order valence-corrected chi connectivity index (χ4v) is 1.98. The molecule has 1 aliphatic rings. The van der Waals surface area contributed by atoms with Gasteiger partial charge in [-0.15, -0.1) is 11.6 Å². The summed E-state index contributed by atoms with van der Waals surface area (Å²) in [5.74, 6) is 0.701. The van der Waals surface area contributed by atoms with Crippen LogP contribution in [0.1, 0.15) is 19.3 Å². The van der Waals surface area contributed by atoms with E-state index in [1.54, 1.807) is 0 Å². The fraction of sp³-hybridized carbons (Fsp3) is 1.00. The number of alkyl halides is 2. The molecule has 0 aliphatic carbocycles. The Bertz CT molecular complexity index is 110. The zero-order chi connectivity index (χ0) is 8.10. The Morgan fingerprint density at radius 2 is 2.36 bits per heavy atom. The molecule has 1 rings (SSSR count). The molecule has 0 spiro atoms. The van der Waals surface area contributed by atoms with E-state index in [4.69, 9.17) is 11.6 Å². The summed E-state index contributed by atoms with van der Waals surface area (Å²) >= 11 is 5.75. The van der Waals surface area contributed by atoms with Crippen LogP contribution in [0.2, 0.25) is 0 Å². The molecule has 66 valence electrons. The van der Waals surface area contributed by atoms with Crippen LogP contribution in [-0.2, 0) is 0 Å². The van der Waals surface area contributed by atoms with Gasteiger partial charge in [-0.05, 0) is 25.8 Å². The Hall–Kier alpha value is 0.180. The maximum absolute atomic E-state index is 11.8. The highest BCUT2D eigenvalue weighted by atomic mass is 35.5. The van der Waals surface area contributed by atoms with Gasteiger partial charge in [0.25, 0.3) is 0 Å². The van der Waals surface area contributed by atoms with Crippen molar-refractivity contribution < 1.29 is 4.39 Å². The van der Waals surface area contributed by atoms with Crippen molar-refractivity contribution >= 4 is 11.6 Å². The van der Waals surface area contributed by atoms with Gasteiger partial charge >= 0.3 is 0 Å². The zero-order valence-electron chi connectivity index (χ0n) is 6.73. The van der Waals surface area contributed by atoms with Crippen molar-refractivity contribution in [1.82, 2.24) is 4.90 Å². The van der Waals surface area contributed by atoms with Crippen LogP contribution in [0.15, 0.2) is 0 Å². The third-order valence-corrected chi connectivity index (χ3v) is 2.61. The fourth-order valence-electron chi connectivity index (χ4n) is 1.63. The first kappa shape index (κ1) is 9.27. The second kappa shape index (κ2) is 4.94. The third kappa shape index (κ3) is 2.60. The maximum atomic E-state index is 11.8. The Balaban J connectivity index is 2.20. The molecule has 1 unspecified atom stereocenters. The zero-order valence-corrected chi connectivity index (χ0v) is 7.49. The third-order valence-electron chi connectivity index (χ3n) is 2.26. The van der Waals surface area contributed by atoms with E-state index in [0.717, 1.165) is 13.1 Å². The largest absolute Gasteiger partial charge is 0.299 e. The highest BCUT2D eigenvalue weighted by Gasteiger charge is 2.22. The van der Waals surface area contributed by atoms with Gasteiger partial charge in [-0.25, -0.2) is 0 Å². The molecule has 0 bridgehead atoms. The molecule has 1 aliphatic heterocycles. The topological polar surface area (TPSA) is 3.24 Å². The van der Waals surface area contributed by atoms with Gasteiger partial charge in [0.05, 0.1) is 6.67 Å². The van der Waals surface area contributed by atoms with Crippen LogP contribution >= 0.6 is 11.6 Å². The van der Waals surface area contributed by atoms with Crippen molar-refractivity contribution in [2.45, 2.75) is 25.3 Å². The lowest BCUT2D eigenvalue weighted by molar-refractivity contribution is 0.256. The lowest BCUT2D eigenvalue weighted by Crippen LogP contribution is -2.31. The van der Waals surface area contributed by atoms with E-state index in [1.165, 1.54) is 12.8 Å². The predicted molar refractivity (Wildman–Crippen MR) is 45.9 cm³/mol. The lowest BCUT2D eigenvalue weighted by atomic mass is 10.2. The summed E-state index contributed by atoms with van der Waals surface area (Å²) in [6.07, 6.45) is 3.08. The van der Waals surface area contributed by atoms with Crippen molar-refractivity contribution in [3.8, 4) is 0 Å². The molecule has 1 nitrogen and oxygen atoms in total. The molecule has 0 radical (unpaired) electrons. The SMILES string of the molecule is FCCCN1CCCC1CCl. The van der Waals surface area contributed by atoms with Gasteiger partial charge in [0, 0.05) is 18.5 Å². The van der Waals surface area contributed by atoms with Crippen LogP contribution in [0.25, 0.3) is 0 Å². The van der Waals surface area contributed by atoms with E-state index >= 15 is 0 Å². The number of hydrogen-bond donors (Lipinski definition) is 0. The van der Waals surface area contributed by atoms with Gasteiger partial charge in [-0.3, -0.25) is 9.29 Å². The molecular weight excluding hydrogens is 165 g/mol. The molecule has 11 heavy (non-hydrogen) atoms. The molecule has 1 atom stereocenters. The van der Waals surface area contributed by atoms with Gasteiger partial charge in [0.1, 0.15) is 0 Å². The van der Waals surface area contributed by atoms with Crippen LogP contribution in [0.5, 0.6) is 0 Å². The summed E-state index contributed by atoms with van der Waals surface area (Å²) in [4.78, 5) is 2.30. The van der Waals surface area contributed by atoms with E-state index in [1.807, 2.05) is 0 Å². The Morgan fingerprint density at radius 3 is 3.00 bits per heavy atom. The molecule has 1 fully saturated rings. The molecule has 0 aromatic carbocycles. The first-order valence-corrected chi connectivity index (χ1v) is 4.78. The van der Waals surface area contributed by atoms with E-state index in [0.29, 0.717) is 18.3 Å². The molecule has 0 N–H and O–H groups in total. The van der Waals surface area contributed by atoms with Crippen molar-refractivity contribution in [1.29, 1.82) is 0 Å². The number of nitrogens with zero attached hydrogens (tertiary/aromatic N) is 1. The molecule has 3 heteroatoms. The minimum absolute atomic E-state index is 0.203. The Morgan fingerprint density at radius 1 is 1.55 bits per heavy atom. The number of hydrogen-bond acceptors (Lipinski definition) is 1. The van der Waals surface area contributed by atoms with Crippen LogP contribution < -0.4 is 0 Å². The highest BCUT2D eigenvalue weighted by molar-refractivity contribution is 6.18. The summed E-state index contributed by atoms with van der Waals surface area (Å²) in [5.41, 5.74) is 0. The number of halogens is 2. The van der Waals surface area contributed by atoms with Gasteiger partial charge in [0.2, 0.25) is 0 Å². The van der Waals surface area contributed by atoms with E-state index in [2.05, 4.69) is 4.90 Å². The summed E-state index contributed by atoms with van der Waals surface area (Å²) in [5, 5.41) is 0. The van der Waals surface area contributed by atoms with Crippen LogP contribution in [0.4, 0.5) is 4.39 Å². The van der Waals surface area contributed by atoms with Crippen LogP contribution in [-0.4, -0.2) is 36.6 Å². The molecule has 0 aromatic rings. The van der Waals surface area contributed by atoms with Gasteiger partial charge in [-0.2, -0.15) is 0 Å². The highest BCUT2D eigenvalue weighted by Crippen LogP contribution is 2.18. The van der Waals surface area contributed by atoms with Gasteiger partial charge in [0.15, 0.2) is 0 Å². The van der Waals surface area contributed by atoms with Crippen molar-refractivity contribution in [2.75, 3.05) is 25.6 Å². The summed E-state index contributed by atoms with van der Waals surface area (Å²) < 4.78 is 11.8. The molecule has 0 aromatic heterocycles. The summed E-state index contributed by atoms with van der Waals surface area (Å²) in [7, 11) is 0. The number of rotatable bonds is 4. The molecule has 0 saturated carbocycles. The Kier molecular flexibility index (Phi) is 4.16. The standard InChI is InChI=1S/C8H15ClFN/c9-7-8-3-1-5-11(8)6-2-4-10/h8H,1-7H2.